The van der Waals surface area contributed by atoms with E-state index in [2.05, 4.69) is 10.2 Å². The standard InChI is InChI=1S/C15H28N2/c1-2-4-8-13(7-3-1)16-14-10-12-17-11-6-5-9-15(14)17/h13-16H,1-12H2. The number of hydrogen-bond donors (Lipinski definition) is 1. The van der Waals surface area contributed by atoms with Crippen LogP contribution in [0.4, 0.5) is 0 Å². The highest BCUT2D eigenvalue weighted by Crippen LogP contribution is 2.28. The van der Waals surface area contributed by atoms with Gasteiger partial charge in [-0.25, -0.2) is 0 Å². The van der Waals surface area contributed by atoms with E-state index in [0.717, 1.165) is 18.1 Å². The fraction of sp³-hybridized carbons (Fsp3) is 1.00. The molecule has 0 bridgehead atoms. The molecule has 1 saturated carbocycles. The van der Waals surface area contributed by atoms with Crippen LogP contribution in [0.15, 0.2) is 0 Å². The predicted molar refractivity (Wildman–Crippen MR) is 72.2 cm³/mol. The fourth-order valence-electron chi connectivity index (χ4n) is 4.19. The van der Waals surface area contributed by atoms with Gasteiger partial charge in [0.1, 0.15) is 0 Å². The monoisotopic (exact) mass is 236 g/mol. The Labute approximate surface area is 106 Å². The molecule has 2 unspecified atom stereocenters. The molecular formula is C15H28N2. The molecule has 0 radical (unpaired) electrons. The van der Waals surface area contributed by atoms with Crippen LogP contribution in [-0.4, -0.2) is 36.1 Å². The zero-order chi connectivity index (χ0) is 11.5. The van der Waals surface area contributed by atoms with Crippen LogP contribution in [-0.2, 0) is 0 Å². The van der Waals surface area contributed by atoms with Gasteiger partial charge >= 0.3 is 0 Å². The van der Waals surface area contributed by atoms with Crippen LogP contribution in [0.25, 0.3) is 0 Å². The van der Waals surface area contributed by atoms with Gasteiger partial charge in [0.15, 0.2) is 0 Å². The average molecular weight is 236 g/mol. The van der Waals surface area contributed by atoms with Crippen molar-refractivity contribution in [3.63, 3.8) is 0 Å². The molecule has 1 N–H and O–H groups in total. The van der Waals surface area contributed by atoms with E-state index in [0.29, 0.717) is 0 Å². The topological polar surface area (TPSA) is 15.3 Å². The van der Waals surface area contributed by atoms with E-state index in [4.69, 9.17) is 0 Å². The highest BCUT2D eigenvalue weighted by Gasteiger charge is 2.36. The zero-order valence-electron chi connectivity index (χ0n) is 11.2. The molecule has 3 rings (SSSR count). The lowest BCUT2D eigenvalue weighted by atomic mass is 9.97. The lowest BCUT2D eigenvalue weighted by molar-refractivity contribution is 0.175. The van der Waals surface area contributed by atoms with Gasteiger partial charge in [-0.1, -0.05) is 32.1 Å². The molecule has 0 aromatic rings. The maximum Gasteiger partial charge on any atom is 0.0249 e. The predicted octanol–water partition coefficient (Wildman–Crippen LogP) is 2.93. The SMILES string of the molecule is C1CCCC(NC2CCN3CCCCC23)CC1. The summed E-state index contributed by atoms with van der Waals surface area (Å²) in [6, 6.07) is 2.54. The third-order valence-corrected chi connectivity index (χ3v) is 5.16. The van der Waals surface area contributed by atoms with Gasteiger partial charge in [0.2, 0.25) is 0 Å². The van der Waals surface area contributed by atoms with E-state index < -0.39 is 0 Å². The summed E-state index contributed by atoms with van der Waals surface area (Å²) in [6.45, 7) is 2.72. The molecule has 2 aliphatic heterocycles. The smallest absolute Gasteiger partial charge is 0.0249 e. The van der Waals surface area contributed by atoms with Gasteiger partial charge in [0.25, 0.3) is 0 Å². The molecule has 2 saturated heterocycles. The number of nitrogens with zero attached hydrogens (tertiary/aromatic N) is 1. The quantitative estimate of drug-likeness (QED) is 0.742. The Kier molecular flexibility index (Phi) is 4.02. The number of rotatable bonds is 2. The van der Waals surface area contributed by atoms with Crippen LogP contribution in [0.2, 0.25) is 0 Å². The van der Waals surface area contributed by atoms with Gasteiger partial charge < -0.3 is 5.32 Å². The van der Waals surface area contributed by atoms with Gasteiger partial charge in [0, 0.05) is 24.7 Å². The first-order valence-corrected chi connectivity index (χ1v) is 7.93. The molecule has 0 spiro atoms. The van der Waals surface area contributed by atoms with Gasteiger partial charge in [-0.2, -0.15) is 0 Å². The molecule has 17 heavy (non-hydrogen) atoms. The Balaban J connectivity index is 1.53. The summed E-state index contributed by atoms with van der Waals surface area (Å²) in [4.78, 5) is 2.75. The van der Waals surface area contributed by atoms with E-state index in [1.807, 2.05) is 0 Å². The van der Waals surface area contributed by atoms with Crippen molar-refractivity contribution in [1.29, 1.82) is 0 Å². The molecule has 0 aromatic heterocycles. The second kappa shape index (κ2) is 5.71. The largest absolute Gasteiger partial charge is 0.310 e. The average Bonchev–Trinajstić information content (AvgIpc) is 2.59. The maximum atomic E-state index is 4.02. The van der Waals surface area contributed by atoms with Crippen LogP contribution in [0.1, 0.15) is 64.2 Å². The first-order valence-electron chi connectivity index (χ1n) is 7.93. The number of piperidine rings is 1. The molecule has 2 nitrogen and oxygen atoms in total. The van der Waals surface area contributed by atoms with Crippen molar-refractivity contribution in [2.24, 2.45) is 0 Å². The first kappa shape index (κ1) is 12.0. The van der Waals surface area contributed by atoms with Crippen molar-refractivity contribution in [3.8, 4) is 0 Å². The minimum Gasteiger partial charge on any atom is -0.310 e. The van der Waals surface area contributed by atoms with Crippen molar-refractivity contribution in [2.75, 3.05) is 13.1 Å². The van der Waals surface area contributed by atoms with Crippen molar-refractivity contribution in [3.05, 3.63) is 0 Å². The van der Waals surface area contributed by atoms with E-state index >= 15 is 0 Å². The molecular weight excluding hydrogens is 208 g/mol. The molecule has 98 valence electrons. The molecule has 3 fully saturated rings. The third kappa shape index (κ3) is 2.85. The molecule has 2 heteroatoms. The van der Waals surface area contributed by atoms with E-state index in [9.17, 15) is 0 Å². The highest BCUT2D eigenvalue weighted by molar-refractivity contribution is 4.95. The number of hydrogen-bond acceptors (Lipinski definition) is 2. The fourth-order valence-corrected chi connectivity index (χ4v) is 4.19. The van der Waals surface area contributed by atoms with Crippen LogP contribution < -0.4 is 5.32 Å². The van der Waals surface area contributed by atoms with Crippen LogP contribution in [0, 0.1) is 0 Å². The van der Waals surface area contributed by atoms with E-state index in [1.165, 1.54) is 77.3 Å². The Bertz CT molecular complexity index is 233. The normalized spacial score (nSPS) is 36.7. The van der Waals surface area contributed by atoms with Gasteiger partial charge in [-0.05, 0) is 38.6 Å². The Morgan fingerprint density at radius 3 is 2.29 bits per heavy atom. The van der Waals surface area contributed by atoms with Crippen molar-refractivity contribution in [2.45, 2.75) is 82.3 Å². The van der Waals surface area contributed by atoms with Crippen molar-refractivity contribution in [1.82, 2.24) is 10.2 Å². The van der Waals surface area contributed by atoms with Crippen LogP contribution in [0.3, 0.4) is 0 Å². The maximum absolute atomic E-state index is 4.02. The minimum atomic E-state index is 0.818. The van der Waals surface area contributed by atoms with E-state index in [-0.39, 0.29) is 0 Å². The number of fused-ring (bicyclic) bond motifs is 1. The Hall–Kier alpha value is -0.0800. The van der Waals surface area contributed by atoms with Gasteiger partial charge in [-0.3, -0.25) is 4.90 Å². The summed E-state index contributed by atoms with van der Waals surface area (Å²) in [5.41, 5.74) is 0. The Morgan fingerprint density at radius 2 is 1.47 bits per heavy atom. The summed E-state index contributed by atoms with van der Waals surface area (Å²) >= 11 is 0. The highest BCUT2D eigenvalue weighted by atomic mass is 15.2. The van der Waals surface area contributed by atoms with Crippen LogP contribution >= 0.6 is 0 Å². The minimum absolute atomic E-state index is 0.818. The molecule has 0 amide bonds. The summed E-state index contributed by atoms with van der Waals surface area (Å²) in [6.07, 6.45) is 14.5. The number of nitrogens with one attached hydrogen (secondary N) is 1. The molecule has 1 aliphatic carbocycles. The van der Waals surface area contributed by atoms with E-state index in [1.54, 1.807) is 0 Å². The molecule has 2 heterocycles. The summed E-state index contributed by atoms with van der Waals surface area (Å²) in [5.74, 6) is 0. The summed E-state index contributed by atoms with van der Waals surface area (Å²) in [7, 11) is 0. The van der Waals surface area contributed by atoms with Crippen LogP contribution in [0.5, 0.6) is 0 Å². The second-order valence-electron chi connectivity index (χ2n) is 6.35. The molecule has 2 atom stereocenters. The summed E-state index contributed by atoms with van der Waals surface area (Å²) in [5, 5.41) is 4.02. The molecule has 3 aliphatic rings. The second-order valence-corrected chi connectivity index (χ2v) is 6.35. The lowest BCUT2D eigenvalue weighted by Gasteiger charge is -2.34. The lowest BCUT2D eigenvalue weighted by Crippen LogP contribution is -2.48. The van der Waals surface area contributed by atoms with Gasteiger partial charge in [-0.15, -0.1) is 0 Å². The van der Waals surface area contributed by atoms with Gasteiger partial charge in [0.05, 0.1) is 0 Å². The summed E-state index contributed by atoms with van der Waals surface area (Å²) < 4.78 is 0. The van der Waals surface area contributed by atoms with Crippen molar-refractivity contribution < 1.29 is 0 Å². The first-order chi connectivity index (χ1) is 8.43. The Morgan fingerprint density at radius 1 is 0.706 bits per heavy atom. The third-order valence-electron chi connectivity index (χ3n) is 5.16. The zero-order valence-corrected chi connectivity index (χ0v) is 11.2. The molecule has 0 aromatic carbocycles. The van der Waals surface area contributed by atoms with Crippen molar-refractivity contribution >= 4 is 0 Å².